The van der Waals surface area contributed by atoms with Crippen LogP contribution >= 0.6 is 27.7 Å². The van der Waals surface area contributed by atoms with E-state index in [0.29, 0.717) is 27.7 Å². The van der Waals surface area contributed by atoms with Crippen molar-refractivity contribution in [2.75, 3.05) is 19.5 Å². The number of amides is 1. The molecule has 0 aliphatic rings. The largest absolute Gasteiger partial charge is 0.493 e. The number of benzene rings is 1. The number of carbonyl (C=O) groups is 1. The van der Waals surface area contributed by atoms with Crippen molar-refractivity contribution >= 4 is 39.8 Å². The summed E-state index contributed by atoms with van der Waals surface area (Å²) >= 11 is 4.67. The molecule has 0 saturated heterocycles. The number of hydrazone groups is 1. The van der Waals surface area contributed by atoms with Gasteiger partial charge in [0.05, 0.1) is 23.5 Å². The molecule has 1 amide bonds. The van der Waals surface area contributed by atoms with E-state index in [1.54, 1.807) is 37.7 Å². The summed E-state index contributed by atoms with van der Waals surface area (Å²) in [5, 5.41) is 4.49. The third kappa shape index (κ3) is 6.16. The average molecular weight is 437 g/mol. The van der Waals surface area contributed by atoms with Crippen molar-refractivity contribution in [3.8, 4) is 11.5 Å². The second kappa shape index (κ2) is 10.6. The van der Waals surface area contributed by atoms with Crippen LogP contribution in [0.1, 0.15) is 5.56 Å². The lowest BCUT2D eigenvalue weighted by Gasteiger charge is -2.12. The molecule has 7 nitrogen and oxygen atoms in total. The van der Waals surface area contributed by atoms with E-state index in [9.17, 15) is 4.79 Å². The van der Waals surface area contributed by atoms with Crippen LogP contribution < -0.4 is 14.9 Å². The van der Waals surface area contributed by atoms with Crippen LogP contribution in [0.2, 0.25) is 0 Å². The fourth-order valence-corrected chi connectivity index (χ4v) is 2.97. The standard InChI is InChI=1S/C17H17BrN4O3S/c1-3-7-25-16-13(18)8-12(9-14(16)24-2)10-21-22-15(23)11-26-17-19-5-4-6-20-17/h3-6,8-10H,1,7,11H2,2H3,(H,22,23). The molecule has 2 rings (SSSR count). The van der Waals surface area contributed by atoms with Gasteiger partial charge in [-0.3, -0.25) is 4.79 Å². The summed E-state index contributed by atoms with van der Waals surface area (Å²) in [6.07, 6.45) is 6.42. The van der Waals surface area contributed by atoms with Gasteiger partial charge in [0.2, 0.25) is 0 Å². The molecule has 0 spiro atoms. The van der Waals surface area contributed by atoms with Crippen LogP contribution in [0.15, 0.2) is 58.0 Å². The number of methoxy groups -OCH3 is 1. The van der Waals surface area contributed by atoms with Gasteiger partial charge in [-0.15, -0.1) is 0 Å². The maximum Gasteiger partial charge on any atom is 0.250 e. The minimum absolute atomic E-state index is 0.169. The van der Waals surface area contributed by atoms with Crippen LogP contribution in [-0.4, -0.2) is 41.6 Å². The molecular formula is C17H17BrN4O3S. The van der Waals surface area contributed by atoms with E-state index in [1.807, 2.05) is 6.07 Å². The van der Waals surface area contributed by atoms with Gasteiger partial charge in [0.1, 0.15) is 6.61 Å². The number of aromatic nitrogens is 2. The van der Waals surface area contributed by atoms with Gasteiger partial charge in [0.25, 0.3) is 5.91 Å². The molecule has 136 valence electrons. The zero-order valence-corrected chi connectivity index (χ0v) is 16.4. The molecule has 1 aromatic carbocycles. The Balaban J connectivity index is 1.93. The molecule has 1 aromatic heterocycles. The van der Waals surface area contributed by atoms with Crippen molar-refractivity contribution in [1.82, 2.24) is 15.4 Å². The van der Waals surface area contributed by atoms with Gasteiger partial charge in [-0.2, -0.15) is 5.10 Å². The van der Waals surface area contributed by atoms with Crippen molar-refractivity contribution in [3.63, 3.8) is 0 Å². The lowest BCUT2D eigenvalue weighted by molar-refractivity contribution is -0.118. The molecule has 1 N–H and O–H groups in total. The summed E-state index contributed by atoms with van der Waals surface area (Å²) in [6.45, 7) is 3.98. The Morgan fingerprint density at radius 3 is 2.88 bits per heavy atom. The lowest BCUT2D eigenvalue weighted by Crippen LogP contribution is -2.19. The van der Waals surface area contributed by atoms with Crippen LogP contribution in [0, 0.1) is 0 Å². The van der Waals surface area contributed by atoms with Gasteiger partial charge < -0.3 is 9.47 Å². The molecule has 2 aromatic rings. The second-order valence-corrected chi connectivity index (χ2v) is 6.54. The Hall–Kier alpha value is -2.39. The first-order valence-corrected chi connectivity index (χ1v) is 9.25. The summed E-state index contributed by atoms with van der Waals surface area (Å²) < 4.78 is 11.6. The fourth-order valence-electron chi connectivity index (χ4n) is 1.80. The molecular weight excluding hydrogens is 420 g/mol. The summed E-state index contributed by atoms with van der Waals surface area (Å²) in [4.78, 5) is 19.9. The quantitative estimate of drug-likeness (QED) is 0.213. The molecule has 1 heterocycles. The first-order valence-electron chi connectivity index (χ1n) is 7.47. The Labute approximate surface area is 164 Å². The highest BCUT2D eigenvalue weighted by Gasteiger charge is 2.10. The molecule has 0 aliphatic heterocycles. The summed E-state index contributed by atoms with van der Waals surface area (Å²) in [7, 11) is 1.55. The zero-order valence-electron chi connectivity index (χ0n) is 14.0. The topological polar surface area (TPSA) is 85.7 Å². The third-order valence-corrected chi connectivity index (χ3v) is 4.34. The number of hydrogen-bond donors (Lipinski definition) is 1. The Kier molecular flexibility index (Phi) is 8.10. The van der Waals surface area contributed by atoms with Crippen molar-refractivity contribution in [1.29, 1.82) is 0 Å². The van der Waals surface area contributed by atoms with Crippen LogP contribution in [0.5, 0.6) is 11.5 Å². The molecule has 26 heavy (non-hydrogen) atoms. The van der Waals surface area contributed by atoms with Crippen molar-refractivity contribution < 1.29 is 14.3 Å². The average Bonchev–Trinajstić information content (AvgIpc) is 2.66. The number of thioether (sulfide) groups is 1. The molecule has 0 saturated carbocycles. The second-order valence-electron chi connectivity index (χ2n) is 4.75. The Morgan fingerprint density at radius 1 is 1.42 bits per heavy atom. The molecule has 9 heteroatoms. The first kappa shape index (κ1) is 19.9. The predicted molar refractivity (Wildman–Crippen MR) is 105 cm³/mol. The number of halogens is 1. The highest BCUT2D eigenvalue weighted by Crippen LogP contribution is 2.36. The minimum Gasteiger partial charge on any atom is -0.493 e. The summed E-state index contributed by atoms with van der Waals surface area (Å²) in [6, 6.07) is 5.28. The number of rotatable bonds is 9. The monoisotopic (exact) mass is 436 g/mol. The van der Waals surface area contributed by atoms with Gasteiger partial charge in [0, 0.05) is 12.4 Å². The molecule has 0 bridgehead atoms. The van der Waals surface area contributed by atoms with Gasteiger partial charge in [0.15, 0.2) is 16.7 Å². The van der Waals surface area contributed by atoms with Gasteiger partial charge >= 0.3 is 0 Å². The van der Waals surface area contributed by atoms with Gasteiger partial charge in [-0.05, 0) is 39.7 Å². The van der Waals surface area contributed by atoms with Gasteiger partial charge in [-0.1, -0.05) is 24.4 Å². The van der Waals surface area contributed by atoms with E-state index in [2.05, 4.69) is 43.0 Å². The molecule has 0 unspecified atom stereocenters. The normalized spacial score (nSPS) is 10.5. The summed E-state index contributed by atoms with van der Waals surface area (Å²) in [5.41, 5.74) is 3.20. The van der Waals surface area contributed by atoms with Crippen LogP contribution in [-0.2, 0) is 4.79 Å². The van der Waals surface area contributed by atoms with Crippen LogP contribution in [0.4, 0.5) is 0 Å². The highest BCUT2D eigenvalue weighted by atomic mass is 79.9. The molecule has 0 aliphatic carbocycles. The van der Waals surface area contributed by atoms with Crippen LogP contribution in [0.3, 0.4) is 0 Å². The smallest absolute Gasteiger partial charge is 0.250 e. The number of nitrogens with zero attached hydrogens (tertiary/aromatic N) is 3. The number of hydrogen-bond acceptors (Lipinski definition) is 7. The summed E-state index contributed by atoms with van der Waals surface area (Å²) in [5.74, 6) is 1.04. The Bertz CT molecular complexity index is 787. The number of carbonyl (C=O) groups excluding carboxylic acids is 1. The maximum absolute atomic E-state index is 11.8. The molecule has 0 radical (unpaired) electrons. The number of nitrogens with one attached hydrogen (secondary N) is 1. The van der Waals surface area contributed by atoms with Crippen molar-refractivity contribution in [3.05, 3.63) is 53.3 Å². The van der Waals surface area contributed by atoms with Crippen molar-refractivity contribution in [2.45, 2.75) is 5.16 Å². The van der Waals surface area contributed by atoms with Gasteiger partial charge in [-0.25, -0.2) is 15.4 Å². The zero-order chi connectivity index (χ0) is 18.8. The lowest BCUT2D eigenvalue weighted by atomic mass is 10.2. The van der Waals surface area contributed by atoms with E-state index >= 15 is 0 Å². The van der Waals surface area contributed by atoms with E-state index in [-0.39, 0.29) is 11.7 Å². The highest BCUT2D eigenvalue weighted by molar-refractivity contribution is 9.10. The van der Waals surface area contributed by atoms with E-state index in [1.165, 1.54) is 18.0 Å². The molecule has 0 fully saturated rings. The van der Waals surface area contributed by atoms with Crippen molar-refractivity contribution in [2.24, 2.45) is 5.10 Å². The first-order chi connectivity index (χ1) is 12.6. The third-order valence-electron chi connectivity index (χ3n) is 2.87. The fraction of sp³-hybridized carbons (Fsp3) is 0.176. The van der Waals surface area contributed by atoms with E-state index in [0.717, 1.165) is 5.56 Å². The predicted octanol–water partition coefficient (Wildman–Crippen LogP) is 3.05. The van der Waals surface area contributed by atoms with E-state index in [4.69, 9.17) is 9.47 Å². The maximum atomic E-state index is 11.8. The SMILES string of the molecule is C=CCOc1c(Br)cc(C=NNC(=O)CSc2ncccn2)cc1OC. The van der Waals surface area contributed by atoms with E-state index < -0.39 is 0 Å². The molecule has 0 atom stereocenters. The Morgan fingerprint density at radius 2 is 2.19 bits per heavy atom. The minimum atomic E-state index is -0.254. The number of ether oxygens (including phenoxy) is 2. The van der Waals surface area contributed by atoms with Crippen LogP contribution in [0.25, 0.3) is 0 Å².